The Morgan fingerprint density at radius 1 is 1.03 bits per heavy atom. The first kappa shape index (κ1) is 20.2. The molecule has 0 unspecified atom stereocenters. The molecule has 1 aliphatic heterocycles. The van der Waals surface area contributed by atoms with Crippen molar-refractivity contribution < 1.29 is 19.2 Å². The number of aliphatic hydroxyl groups is 1. The molecule has 1 amide bonds. The number of Topliss-reactive ketones (excluding diaryl/α,β-unsaturated/α-hetero) is 1. The van der Waals surface area contributed by atoms with Gasteiger partial charge in [0.15, 0.2) is 5.82 Å². The summed E-state index contributed by atoms with van der Waals surface area (Å²) in [6, 6.07) is 12.3. The second kappa shape index (κ2) is 7.63. The highest BCUT2D eigenvalue weighted by molar-refractivity contribution is 6.51. The lowest BCUT2D eigenvalue weighted by molar-refractivity contribution is -0.132. The first-order valence-electron chi connectivity index (χ1n) is 9.04. The average molecular weight is 443 g/mol. The van der Waals surface area contributed by atoms with Crippen molar-refractivity contribution in [2.24, 2.45) is 0 Å². The molecule has 1 aliphatic rings. The Kier molecular flexibility index (Phi) is 5.13. The molecule has 1 saturated heterocycles. The smallest absolute Gasteiger partial charge is 0.301 e. The highest BCUT2D eigenvalue weighted by atomic mass is 35.5. The normalized spacial score (nSPS) is 18.3. The number of hydrogen-bond acceptors (Lipinski definition) is 5. The summed E-state index contributed by atoms with van der Waals surface area (Å²) in [5, 5.41) is 15.5. The maximum atomic E-state index is 13.0. The van der Waals surface area contributed by atoms with Gasteiger partial charge in [0.1, 0.15) is 11.5 Å². The predicted octanol–water partition coefficient (Wildman–Crippen LogP) is 5.22. The van der Waals surface area contributed by atoms with E-state index in [1.54, 1.807) is 55.5 Å². The summed E-state index contributed by atoms with van der Waals surface area (Å²) in [6.07, 6.45) is 0. The number of carbonyl (C=O) groups excluding carboxylic acids is 2. The van der Waals surface area contributed by atoms with E-state index in [9.17, 15) is 14.7 Å². The number of ketones is 1. The van der Waals surface area contributed by atoms with E-state index in [1.165, 1.54) is 4.90 Å². The monoisotopic (exact) mass is 442 g/mol. The van der Waals surface area contributed by atoms with Crippen LogP contribution in [0.5, 0.6) is 0 Å². The van der Waals surface area contributed by atoms with Gasteiger partial charge in [-0.25, -0.2) is 0 Å². The Bertz CT molecular complexity index is 1200. The van der Waals surface area contributed by atoms with Gasteiger partial charge in [0.2, 0.25) is 0 Å². The molecule has 0 bridgehead atoms. The minimum absolute atomic E-state index is 0.0668. The number of aryl methyl sites for hydroxylation is 2. The molecule has 0 saturated carbocycles. The first-order chi connectivity index (χ1) is 14.3. The molecule has 0 spiro atoms. The highest BCUT2D eigenvalue weighted by Crippen LogP contribution is 2.43. The van der Waals surface area contributed by atoms with Crippen LogP contribution in [0.15, 0.2) is 58.6 Å². The fourth-order valence-electron chi connectivity index (χ4n) is 3.40. The van der Waals surface area contributed by atoms with Crippen LogP contribution in [-0.4, -0.2) is 22.0 Å². The molecule has 4 rings (SSSR count). The summed E-state index contributed by atoms with van der Waals surface area (Å²) in [6.45, 7) is 3.58. The van der Waals surface area contributed by atoms with Crippen molar-refractivity contribution in [2.45, 2.75) is 19.9 Å². The molecule has 3 aromatic rings. The van der Waals surface area contributed by atoms with E-state index in [1.807, 2.05) is 6.92 Å². The number of rotatable bonds is 3. The van der Waals surface area contributed by atoms with Crippen molar-refractivity contribution >= 4 is 46.5 Å². The number of carbonyl (C=O) groups is 2. The Hall–Kier alpha value is -3.09. The SMILES string of the molecule is Cc1ccc(/C(O)=C2\C(=O)C(=O)N(c3cc(C)on3)[C@@H]2c2ccc(Cl)c(Cl)c2)cc1. The topological polar surface area (TPSA) is 83.6 Å². The number of benzene rings is 2. The number of hydrogen-bond donors (Lipinski definition) is 1. The van der Waals surface area contributed by atoms with Gasteiger partial charge in [-0.1, -0.05) is 64.3 Å². The van der Waals surface area contributed by atoms with Crippen molar-refractivity contribution in [1.29, 1.82) is 0 Å². The largest absolute Gasteiger partial charge is 0.507 e. The van der Waals surface area contributed by atoms with Crippen LogP contribution in [0.1, 0.15) is 28.5 Å². The molecule has 1 N–H and O–H groups in total. The fourth-order valence-corrected chi connectivity index (χ4v) is 3.71. The molecule has 1 atom stereocenters. The molecule has 2 aromatic carbocycles. The number of aliphatic hydroxyl groups excluding tert-OH is 1. The summed E-state index contributed by atoms with van der Waals surface area (Å²) in [4.78, 5) is 27.1. The van der Waals surface area contributed by atoms with E-state index >= 15 is 0 Å². The average Bonchev–Trinajstić information content (AvgIpc) is 3.25. The van der Waals surface area contributed by atoms with Crippen LogP contribution in [0.25, 0.3) is 5.76 Å². The third-order valence-electron chi connectivity index (χ3n) is 4.89. The lowest BCUT2D eigenvalue weighted by Gasteiger charge is -2.23. The molecule has 8 heteroatoms. The van der Waals surface area contributed by atoms with Gasteiger partial charge in [-0.3, -0.25) is 14.5 Å². The lowest BCUT2D eigenvalue weighted by atomic mass is 9.95. The molecule has 0 radical (unpaired) electrons. The van der Waals surface area contributed by atoms with Crippen molar-refractivity contribution in [3.63, 3.8) is 0 Å². The standard InChI is InChI=1S/C22H16Cl2N2O4/c1-11-3-5-13(6-4-11)20(27)18-19(14-7-8-15(23)16(24)10-14)26(22(29)21(18)28)17-9-12(2)30-25-17/h3-10,19,27H,1-2H3/b20-18+/t19-/m1/s1. The molecule has 0 aliphatic carbocycles. The van der Waals surface area contributed by atoms with Crippen LogP contribution in [0.3, 0.4) is 0 Å². The molecule has 2 heterocycles. The molecular formula is C22H16Cl2N2O4. The molecule has 1 aromatic heterocycles. The third-order valence-corrected chi connectivity index (χ3v) is 5.63. The van der Waals surface area contributed by atoms with Gasteiger partial charge in [-0.05, 0) is 31.5 Å². The molecule has 152 valence electrons. The number of amides is 1. The van der Waals surface area contributed by atoms with Crippen LogP contribution in [0, 0.1) is 13.8 Å². The molecule has 1 fully saturated rings. The molecule has 30 heavy (non-hydrogen) atoms. The quantitative estimate of drug-likeness (QED) is 0.341. The fraction of sp³-hybridized carbons (Fsp3) is 0.136. The van der Waals surface area contributed by atoms with Gasteiger partial charge < -0.3 is 9.63 Å². The Morgan fingerprint density at radius 3 is 2.33 bits per heavy atom. The lowest BCUT2D eigenvalue weighted by Crippen LogP contribution is -2.29. The van der Waals surface area contributed by atoms with Gasteiger partial charge in [-0.2, -0.15) is 0 Å². The van der Waals surface area contributed by atoms with E-state index in [0.717, 1.165) is 5.56 Å². The summed E-state index contributed by atoms with van der Waals surface area (Å²) >= 11 is 12.2. The van der Waals surface area contributed by atoms with E-state index < -0.39 is 17.7 Å². The van der Waals surface area contributed by atoms with E-state index in [-0.39, 0.29) is 22.2 Å². The van der Waals surface area contributed by atoms with E-state index in [0.29, 0.717) is 21.9 Å². The zero-order valence-corrected chi connectivity index (χ0v) is 17.5. The van der Waals surface area contributed by atoms with Gasteiger partial charge in [0.05, 0.1) is 21.7 Å². The van der Waals surface area contributed by atoms with Gasteiger partial charge in [0.25, 0.3) is 5.78 Å². The minimum Gasteiger partial charge on any atom is -0.507 e. The third kappa shape index (κ3) is 3.38. The van der Waals surface area contributed by atoms with Crippen molar-refractivity contribution in [3.8, 4) is 0 Å². The maximum Gasteiger partial charge on any atom is 0.301 e. The predicted molar refractivity (Wildman–Crippen MR) is 114 cm³/mol. The van der Waals surface area contributed by atoms with Crippen LogP contribution >= 0.6 is 23.2 Å². The Labute approximate surface area is 182 Å². The summed E-state index contributed by atoms with van der Waals surface area (Å²) in [5.41, 5.74) is 1.84. The Balaban J connectivity index is 1.96. The van der Waals surface area contributed by atoms with Crippen LogP contribution in [0.2, 0.25) is 10.0 Å². The van der Waals surface area contributed by atoms with Crippen molar-refractivity contribution in [1.82, 2.24) is 5.16 Å². The summed E-state index contributed by atoms with van der Waals surface area (Å²) < 4.78 is 5.10. The molecule has 6 nitrogen and oxygen atoms in total. The minimum atomic E-state index is -0.953. The van der Waals surface area contributed by atoms with Crippen LogP contribution < -0.4 is 4.90 Å². The number of aromatic nitrogens is 1. The van der Waals surface area contributed by atoms with E-state index in [4.69, 9.17) is 27.7 Å². The summed E-state index contributed by atoms with van der Waals surface area (Å²) in [7, 11) is 0. The van der Waals surface area contributed by atoms with Crippen LogP contribution in [0.4, 0.5) is 5.82 Å². The zero-order valence-electron chi connectivity index (χ0n) is 16.0. The van der Waals surface area contributed by atoms with E-state index in [2.05, 4.69) is 5.16 Å². The van der Waals surface area contributed by atoms with Crippen molar-refractivity contribution in [2.75, 3.05) is 4.90 Å². The van der Waals surface area contributed by atoms with Gasteiger partial charge >= 0.3 is 5.91 Å². The summed E-state index contributed by atoms with van der Waals surface area (Å²) in [5.74, 6) is -1.31. The zero-order chi connectivity index (χ0) is 21.6. The Morgan fingerprint density at radius 2 is 1.73 bits per heavy atom. The molecular weight excluding hydrogens is 427 g/mol. The van der Waals surface area contributed by atoms with Crippen molar-refractivity contribution in [3.05, 3.63) is 86.6 Å². The first-order valence-corrected chi connectivity index (χ1v) is 9.80. The second-order valence-electron chi connectivity index (χ2n) is 7.00. The highest BCUT2D eigenvalue weighted by Gasteiger charge is 2.48. The number of halogens is 2. The van der Waals surface area contributed by atoms with Gasteiger partial charge in [0, 0.05) is 11.6 Å². The van der Waals surface area contributed by atoms with Gasteiger partial charge in [-0.15, -0.1) is 0 Å². The van der Waals surface area contributed by atoms with Crippen LogP contribution in [-0.2, 0) is 9.59 Å². The maximum absolute atomic E-state index is 13.0. The second-order valence-corrected chi connectivity index (χ2v) is 7.82. The number of anilines is 1. The number of nitrogens with zero attached hydrogens (tertiary/aromatic N) is 2.